The number of likely N-dealkylation sites (N-methyl/N-ethyl adjacent to an activating group) is 2. The number of Topliss-reactive ketones (excluding diaryl/α,β-unsaturated/α-hetero) is 1. The first-order valence-corrected chi connectivity index (χ1v) is 35.5. The number of unbranched alkanes of at least 4 members (excludes halogenated alkanes) is 1. The third-order valence-corrected chi connectivity index (χ3v) is 22.2. The lowest BCUT2D eigenvalue weighted by atomic mass is 9.76. The molecule has 5 N–H and O–H groups in total. The molecule has 504 valence electrons. The van der Waals surface area contributed by atoms with Crippen molar-refractivity contribution in [3.05, 3.63) is 244 Å². The molecule has 0 atom stereocenters. The van der Waals surface area contributed by atoms with Crippen LogP contribution in [-0.4, -0.2) is 121 Å². The maximum absolute atomic E-state index is 14.6. The van der Waals surface area contributed by atoms with Gasteiger partial charge in [-0.2, -0.15) is 26.3 Å². The lowest BCUT2D eigenvalue weighted by Crippen LogP contribution is -2.50. The second kappa shape index (κ2) is 30.5. The molecule has 0 aromatic heterocycles. The van der Waals surface area contributed by atoms with Crippen molar-refractivity contribution in [1.82, 2.24) is 15.1 Å². The van der Waals surface area contributed by atoms with Gasteiger partial charge in [-0.05, 0) is 205 Å². The fourth-order valence-corrected chi connectivity index (χ4v) is 16.4. The Morgan fingerprint density at radius 2 is 1.22 bits per heavy atom. The van der Waals surface area contributed by atoms with E-state index in [1.807, 2.05) is 58.4 Å². The maximum Gasteiger partial charge on any atom is 0.488 e. The van der Waals surface area contributed by atoms with Crippen molar-refractivity contribution >= 4 is 88.6 Å². The summed E-state index contributed by atoms with van der Waals surface area (Å²) >= 11 is 0. The van der Waals surface area contributed by atoms with Crippen LogP contribution in [0.3, 0.4) is 0 Å². The molecule has 7 aromatic carbocycles. The molecule has 0 bridgehead atoms. The highest BCUT2D eigenvalue weighted by molar-refractivity contribution is 6.98. The first-order chi connectivity index (χ1) is 45.9. The molecule has 97 heavy (non-hydrogen) atoms. The second-order valence-corrected chi connectivity index (χ2v) is 30.5. The van der Waals surface area contributed by atoms with Crippen molar-refractivity contribution in [3.63, 3.8) is 0 Å². The van der Waals surface area contributed by atoms with E-state index in [0.717, 1.165) is 119 Å². The summed E-state index contributed by atoms with van der Waals surface area (Å²) in [5.74, 6) is -0.494. The molecule has 7 aromatic rings. The molecule has 2 aliphatic rings. The van der Waals surface area contributed by atoms with E-state index in [2.05, 4.69) is 136 Å². The summed E-state index contributed by atoms with van der Waals surface area (Å²) in [5, 5.41) is 51.0. The molecule has 1 aliphatic carbocycles. The Labute approximate surface area is 566 Å². The van der Waals surface area contributed by atoms with Gasteiger partial charge in [0.15, 0.2) is 18.0 Å². The van der Waals surface area contributed by atoms with Crippen LogP contribution in [0, 0.1) is 6.92 Å². The number of ketones is 1. The van der Waals surface area contributed by atoms with Crippen LogP contribution in [0.5, 0.6) is 0 Å². The number of nitrogens with zero attached hydrogens (tertiary/aromatic N) is 4. The largest absolute Gasteiger partial charge is 0.488 e. The predicted molar refractivity (Wildman–Crippen MR) is 385 cm³/mol. The summed E-state index contributed by atoms with van der Waals surface area (Å²) in [4.78, 5) is 31.7. The molecule has 1 amide bonds. The Morgan fingerprint density at radius 3 is 1.77 bits per heavy atom. The number of anilines is 1. The van der Waals surface area contributed by atoms with E-state index in [0.29, 0.717) is 37.9 Å². The Bertz CT molecular complexity index is 4380. The van der Waals surface area contributed by atoms with Gasteiger partial charge in [-0.3, -0.25) is 19.4 Å². The van der Waals surface area contributed by atoms with Gasteiger partial charge in [0, 0.05) is 82.7 Å². The molecule has 1 heterocycles. The van der Waals surface area contributed by atoms with E-state index >= 15 is 0 Å². The number of aryl methyl sites for hydroxylation is 1. The molecule has 0 spiro atoms. The van der Waals surface area contributed by atoms with Gasteiger partial charge >= 0.3 is 26.6 Å². The summed E-state index contributed by atoms with van der Waals surface area (Å²) < 4.78 is 89.5. The smallest absolute Gasteiger partial charge is 0.423 e. The molecule has 0 saturated heterocycles. The van der Waals surface area contributed by atoms with Crippen LogP contribution in [0.25, 0.3) is 38.2 Å². The van der Waals surface area contributed by atoms with Crippen LogP contribution in [0.2, 0.25) is 13.1 Å². The van der Waals surface area contributed by atoms with Crippen molar-refractivity contribution in [2.75, 3.05) is 51.7 Å². The number of halogens is 6. The number of allylic oxidation sites excluding steroid dienone is 6. The number of alkyl halides is 6. The van der Waals surface area contributed by atoms with Gasteiger partial charge in [0.1, 0.15) is 15.1 Å². The normalized spacial score (nSPS) is 14.2. The molecular formula is C77H84B2F6N5O6Si+. The fraction of sp³-hybridized carbons (Fsp3) is 0.286. The SMILES string of the molecule is C=CCN(C)c1ccc2c(c1)[Si](C)(C)C1=CC(=[N+](C)CC=C)C=CC1=C2c1cc(-c2ccc3c(CN(CCCNC(=O)C(=C)C)Cc4cc(C(F)(F)F)ccc4B(O)O)c4ccccc4c(CN(CCCCC(=O)C(=C)C)Cc4cc(C(F)(F)F)ccc4B(O)O)c3c2)ccc1C. The summed E-state index contributed by atoms with van der Waals surface area (Å²) in [6, 6.07) is 32.6. The third kappa shape index (κ3) is 16.6. The highest BCUT2D eigenvalue weighted by Crippen LogP contribution is 2.45. The van der Waals surface area contributed by atoms with E-state index < -0.39 is 45.8 Å². The monoisotopic (exact) mass is 1340 g/mol. The number of carbonyl (C=O) groups is 2. The summed E-state index contributed by atoms with van der Waals surface area (Å²) in [7, 11) is -2.54. The van der Waals surface area contributed by atoms with E-state index in [1.54, 1.807) is 13.8 Å². The quantitative estimate of drug-likeness (QED) is 0.00617. The lowest BCUT2D eigenvalue weighted by Gasteiger charge is -2.38. The number of benzene rings is 7. The minimum atomic E-state index is -4.76. The average molecular weight is 1340 g/mol. The number of nitrogens with one attached hydrogen (secondary N) is 1. The van der Waals surface area contributed by atoms with Crippen molar-refractivity contribution in [3.8, 4) is 11.1 Å². The minimum absolute atomic E-state index is 0.0222. The van der Waals surface area contributed by atoms with Gasteiger partial charge in [-0.15, -0.1) is 6.58 Å². The molecule has 0 unspecified atom stereocenters. The van der Waals surface area contributed by atoms with Crippen molar-refractivity contribution in [2.45, 2.75) is 98.1 Å². The van der Waals surface area contributed by atoms with Gasteiger partial charge in [-0.1, -0.05) is 118 Å². The summed E-state index contributed by atoms with van der Waals surface area (Å²) in [5.41, 5.74) is 9.33. The first-order valence-electron chi connectivity index (χ1n) is 32.5. The van der Waals surface area contributed by atoms with Gasteiger partial charge in [0.05, 0.1) is 11.1 Å². The number of rotatable bonds is 28. The molecular weight excluding hydrogens is 1250 g/mol. The highest BCUT2D eigenvalue weighted by atomic mass is 28.3. The van der Waals surface area contributed by atoms with Crippen LogP contribution in [0.1, 0.15) is 89.6 Å². The molecule has 0 fully saturated rings. The Balaban J connectivity index is 1.29. The van der Waals surface area contributed by atoms with E-state index in [1.165, 1.54) is 10.4 Å². The summed E-state index contributed by atoms with van der Waals surface area (Å²) in [6.45, 7) is 27.5. The molecule has 20 heteroatoms. The van der Waals surface area contributed by atoms with Crippen molar-refractivity contribution < 1.29 is 60.6 Å². The van der Waals surface area contributed by atoms with E-state index in [-0.39, 0.29) is 91.6 Å². The molecule has 9 rings (SSSR count). The topological polar surface area (TPSA) is 140 Å². The number of hydrogen-bond donors (Lipinski definition) is 5. The highest BCUT2D eigenvalue weighted by Gasteiger charge is 2.41. The lowest BCUT2D eigenvalue weighted by molar-refractivity contribution is -0.484. The molecule has 0 radical (unpaired) electrons. The van der Waals surface area contributed by atoms with Gasteiger partial charge in [-0.25, -0.2) is 4.58 Å². The number of amides is 1. The number of carbonyl (C=O) groups excluding carboxylic acids is 2. The van der Waals surface area contributed by atoms with Crippen molar-refractivity contribution in [2.24, 2.45) is 0 Å². The van der Waals surface area contributed by atoms with Gasteiger partial charge in [0.25, 0.3) is 0 Å². The molecule has 0 saturated carbocycles. The molecule has 11 nitrogen and oxygen atoms in total. The Hall–Kier alpha value is -8.46. The van der Waals surface area contributed by atoms with Gasteiger partial charge in [0.2, 0.25) is 5.91 Å². The standard InChI is InChI=1S/C77H83B2F6N5O6Si/c1-12-35-87(8)58-27-30-63-72(43-58)97(10,11)73-44-59(88(9)36-13-2)28-31-64(73)74(63)65-41-52(23-22-51(65)7)53-24-29-62-66(42-53)68(48-89(37-17-16-21-71(91)49(3)4)45-54-39-56(76(80,81)82)25-32-69(54)78(93)94)61-20-15-14-19-60(61)67(62)47-90(38-18-34-86-75(92)50(5)6)46-55-40-57(77(83,84)85)26-33-70(55)79(95)96/h12-15,19-20,22-33,39-44,93-96H,1-3,5,16-18,21,34-38,45-48H2,4,6-11H3/p+1. The number of hydrogen-bond acceptors (Lipinski definition) is 9. The van der Waals surface area contributed by atoms with Crippen LogP contribution in [0.15, 0.2) is 194 Å². The Morgan fingerprint density at radius 1 is 0.649 bits per heavy atom. The van der Waals surface area contributed by atoms with Crippen LogP contribution in [-0.2, 0) is 48.1 Å². The van der Waals surface area contributed by atoms with E-state index in [4.69, 9.17) is 0 Å². The minimum Gasteiger partial charge on any atom is -0.423 e. The fourth-order valence-electron chi connectivity index (χ4n) is 13.3. The van der Waals surface area contributed by atoms with Crippen LogP contribution < -0.4 is 26.3 Å². The zero-order valence-electron chi connectivity index (χ0n) is 56.2. The predicted octanol–water partition coefficient (Wildman–Crippen LogP) is 12.4. The first kappa shape index (κ1) is 72.8. The van der Waals surface area contributed by atoms with Crippen LogP contribution in [0.4, 0.5) is 32.0 Å². The maximum atomic E-state index is 14.6. The summed E-state index contributed by atoms with van der Waals surface area (Å²) in [6.07, 6.45) is 2.34. The number of fused-ring (bicyclic) bond motifs is 4. The second-order valence-electron chi connectivity index (χ2n) is 26.1. The van der Waals surface area contributed by atoms with Crippen molar-refractivity contribution in [1.29, 1.82) is 0 Å². The average Bonchev–Trinajstić information content (AvgIpc) is 0.722. The zero-order valence-corrected chi connectivity index (χ0v) is 57.2. The molecule has 1 aliphatic heterocycles. The van der Waals surface area contributed by atoms with Crippen LogP contribution >= 0.6 is 0 Å². The van der Waals surface area contributed by atoms with E-state index in [9.17, 15) is 56.0 Å². The zero-order chi connectivity index (χ0) is 70.4. The van der Waals surface area contributed by atoms with Gasteiger partial charge < -0.3 is 30.3 Å². The third-order valence-electron chi connectivity index (χ3n) is 18.6. The Kier molecular flexibility index (Phi) is 22.9.